The van der Waals surface area contributed by atoms with Gasteiger partial charge in [0, 0.05) is 32.7 Å². The third kappa shape index (κ3) is 5.26. The van der Waals surface area contributed by atoms with Crippen LogP contribution < -0.4 is 0 Å². The van der Waals surface area contributed by atoms with Gasteiger partial charge in [0.1, 0.15) is 0 Å². The molecule has 1 aromatic carbocycles. The lowest BCUT2D eigenvalue weighted by Crippen LogP contribution is -2.50. The molecular weight excluding hydrogens is 316 g/mol. The van der Waals surface area contributed by atoms with Gasteiger partial charge in [-0.2, -0.15) is 4.31 Å². The van der Waals surface area contributed by atoms with Crippen molar-refractivity contribution in [3.05, 3.63) is 30.3 Å². The van der Waals surface area contributed by atoms with Gasteiger partial charge in [-0.15, -0.1) is 0 Å². The van der Waals surface area contributed by atoms with Crippen molar-refractivity contribution in [1.82, 2.24) is 9.21 Å². The van der Waals surface area contributed by atoms with Crippen molar-refractivity contribution in [2.45, 2.75) is 31.0 Å². The lowest BCUT2D eigenvalue weighted by molar-refractivity contribution is -0.0117. The van der Waals surface area contributed by atoms with Crippen LogP contribution in [-0.4, -0.2) is 74.3 Å². The van der Waals surface area contributed by atoms with Crippen LogP contribution in [0.4, 0.5) is 0 Å². The second-order valence-corrected chi connectivity index (χ2v) is 7.99. The molecule has 1 fully saturated rings. The summed E-state index contributed by atoms with van der Waals surface area (Å²) in [6.45, 7) is 6.78. The van der Waals surface area contributed by atoms with Crippen molar-refractivity contribution in [2.75, 3.05) is 39.3 Å². The van der Waals surface area contributed by atoms with E-state index in [0.717, 1.165) is 0 Å². The van der Waals surface area contributed by atoms with Crippen molar-refractivity contribution in [2.24, 2.45) is 0 Å². The molecule has 6 nitrogen and oxygen atoms in total. The predicted molar refractivity (Wildman–Crippen MR) is 88.7 cm³/mol. The van der Waals surface area contributed by atoms with E-state index in [4.69, 9.17) is 4.74 Å². The van der Waals surface area contributed by atoms with E-state index in [9.17, 15) is 13.5 Å². The van der Waals surface area contributed by atoms with Crippen LogP contribution in [-0.2, 0) is 14.8 Å². The number of hydrogen-bond donors (Lipinski definition) is 1. The van der Waals surface area contributed by atoms with Crippen LogP contribution in [0, 0.1) is 0 Å². The second kappa shape index (κ2) is 8.21. The summed E-state index contributed by atoms with van der Waals surface area (Å²) in [5.74, 6) is 0. The minimum absolute atomic E-state index is 0.0949. The van der Waals surface area contributed by atoms with E-state index >= 15 is 0 Å². The molecule has 1 saturated heterocycles. The zero-order valence-corrected chi connectivity index (χ0v) is 14.6. The number of hydrogen-bond acceptors (Lipinski definition) is 5. The zero-order chi connectivity index (χ0) is 16.9. The number of β-amino-alcohol motifs (C(OH)–C–C–N with tert-alkyl or cyclic N) is 1. The van der Waals surface area contributed by atoms with Crippen molar-refractivity contribution in [1.29, 1.82) is 0 Å². The Balaban J connectivity index is 1.84. The molecule has 0 aliphatic carbocycles. The minimum atomic E-state index is -3.42. The summed E-state index contributed by atoms with van der Waals surface area (Å²) in [5, 5.41) is 9.96. The van der Waals surface area contributed by atoms with Crippen molar-refractivity contribution < 1.29 is 18.3 Å². The van der Waals surface area contributed by atoms with E-state index in [1.807, 2.05) is 13.8 Å². The fraction of sp³-hybridized carbons (Fsp3) is 0.625. The molecule has 1 N–H and O–H groups in total. The monoisotopic (exact) mass is 342 g/mol. The van der Waals surface area contributed by atoms with E-state index in [0.29, 0.717) is 44.2 Å². The summed E-state index contributed by atoms with van der Waals surface area (Å²) < 4.78 is 32.0. The van der Waals surface area contributed by atoms with Gasteiger partial charge in [-0.3, -0.25) is 4.90 Å². The van der Waals surface area contributed by atoms with Crippen molar-refractivity contribution in [3.63, 3.8) is 0 Å². The van der Waals surface area contributed by atoms with Crippen LogP contribution in [0.5, 0.6) is 0 Å². The van der Waals surface area contributed by atoms with Gasteiger partial charge in [-0.1, -0.05) is 18.2 Å². The van der Waals surface area contributed by atoms with Gasteiger partial charge in [-0.05, 0) is 26.0 Å². The Morgan fingerprint density at radius 1 is 1.13 bits per heavy atom. The number of aliphatic hydroxyl groups excluding tert-OH is 1. The molecule has 7 heteroatoms. The lowest BCUT2D eigenvalue weighted by Gasteiger charge is -2.34. The van der Waals surface area contributed by atoms with Gasteiger partial charge in [0.25, 0.3) is 0 Å². The highest BCUT2D eigenvalue weighted by atomic mass is 32.2. The quantitative estimate of drug-likeness (QED) is 0.793. The Kier molecular flexibility index (Phi) is 6.55. The fourth-order valence-corrected chi connectivity index (χ4v) is 3.99. The predicted octanol–water partition coefficient (Wildman–Crippen LogP) is 0.779. The molecule has 2 rings (SSSR count). The van der Waals surface area contributed by atoms with E-state index in [2.05, 4.69) is 4.90 Å². The number of aliphatic hydroxyl groups is 1. The summed E-state index contributed by atoms with van der Waals surface area (Å²) in [6.07, 6.45) is -0.452. The third-order valence-electron chi connectivity index (χ3n) is 3.80. The minimum Gasteiger partial charge on any atom is -0.389 e. The first-order valence-corrected chi connectivity index (χ1v) is 9.41. The molecule has 130 valence electrons. The van der Waals surface area contributed by atoms with E-state index in [1.54, 1.807) is 30.3 Å². The van der Waals surface area contributed by atoms with Crippen molar-refractivity contribution in [3.8, 4) is 0 Å². The van der Waals surface area contributed by atoms with E-state index in [-0.39, 0.29) is 6.10 Å². The van der Waals surface area contributed by atoms with Crippen LogP contribution in [0.25, 0.3) is 0 Å². The molecule has 0 amide bonds. The maximum atomic E-state index is 12.5. The zero-order valence-electron chi connectivity index (χ0n) is 13.8. The molecule has 1 aliphatic rings. The van der Waals surface area contributed by atoms with Gasteiger partial charge in [0.15, 0.2) is 0 Å². The Morgan fingerprint density at radius 3 is 2.30 bits per heavy atom. The number of rotatable bonds is 7. The summed E-state index contributed by atoms with van der Waals surface area (Å²) in [6, 6.07) is 8.50. The summed E-state index contributed by atoms with van der Waals surface area (Å²) in [7, 11) is -3.42. The van der Waals surface area contributed by atoms with Crippen LogP contribution >= 0.6 is 0 Å². The van der Waals surface area contributed by atoms with Crippen LogP contribution in [0.15, 0.2) is 35.2 Å². The first kappa shape index (κ1) is 18.4. The fourth-order valence-electron chi connectivity index (χ4n) is 2.55. The number of piperazine rings is 1. The number of sulfonamides is 1. The van der Waals surface area contributed by atoms with E-state index in [1.165, 1.54) is 4.31 Å². The molecule has 0 unspecified atom stereocenters. The molecule has 1 aliphatic heterocycles. The Labute approximate surface area is 138 Å². The van der Waals surface area contributed by atoms with Gasteiger partial charge in [0.2, 0.25) is 10.0 Å². The van der Waals surface area contributed by atoms with Crippen LogP contribution in [0.2, 0.25) is 0 Å². The normalized spacial score (nSPS) is 19.1. The summed E-state index contributed by atoms with van der Waals surface area (Å²) in [4.78, 5) is 2.41. The average Bonchev–Trinajstić information content (AvgIpc) is 2.54. The highest BCUT2D eigenvalue weighted by molar-refractivity contribution is 7.89. The number of nitrogens with zero attached hydrogens (tertiary/aromatic N) is 2. The van der Waals surface area contributed by atoms with Gasteiger partial charge in [-0.25, -0.2) is 8.42 Å². The first-order valence-electron chi connectivity index (χ1n) is 7.97. The molecule has 23 heavy (non-hydrogen) atoms. The summed E-state index contributed by atoms with van der Waals surface area (Å²) in [5.41, 5.74) is 0. The molecule has 1 heterocycles. The molecule has 0 bridgehead atoms. The van der Waals surface area contributed by atoms with Gasteiger partial charge in [0.05, 0.1) is 23.7 Å². The van der Waals surface area contributed by atoms with Crippen LogP contribution in [0.3, 0.4) is 0 Å². The highest BCUT2D eigenvalue weighted by Crippen LogP contribution is 2.17. The Hall–Kier alpha value is -0.990. The maximum Gasteiger partial charge on any atom is 0.243 e. The third-order valence-corrected chi connectivity index (χ3v) is 5.72. The molecule has 1 atom stereocenters. The van der Waals surface area contributed by atoms with E-state index < -0.39 is 16.1 Å². The smallest absolute Gasteiger partial charge is 0.243 e. The molecule has 0 radical (unpaired) electrons. The van der Waals surface area contributed by atoms with Gasteiger partial charge < -0.3 is 9.84 Å². The molecule has 1 aromatic rings. The largest absolute Gasteiger partial charge is 0.389 e. The lowest BCUT2D eigenvalue weighted by atomic mass is 10.3. The highest BCUT2D eigenvalue weighted by Gasteiger charge is 2.28. The Bertz CT molecular complexity index is 569. The Morgan fingerprint density at radius 2 is 1.74 bits per heavy atom. The topological polar surface area (TPSA) is 70.1 Å². The second-order valence-electron chi connectivity index (χ2n) is 6.05. The number of ether oxygens (including phenoxy) is 1. The SMILES string of the molecule is CC(C)OC[C@H](O)CN1CCN(S(=O)(=O)c2ccccc2)CC1. The van der Waals surface area contributed by atoms with Crippen molar-refractivity contribution >= 4 is 10.0 Å². The van der Waals surface area contributed by atoms with Crippen LogP contribution in [0.1, 0.15) is 13.8 Å². The molecular formula is C16H26N2O4S. The van der Waals surface area contributed by atoms with Gasteiger partial charge >= 0.3 is 0 Å². The standard InChI is InChI=1S/C16H26N2O4S/c1-14(2)22-13-15(19)12-17-8-10-18(11-9-17)23(20,21)16-6-4-3-5-7-16/h3-7,14-15,19H,8-13H2,1-2H3/t15-/m1/s1. The molecule has 0 spiro atoms. The maximum absolute atomic E-state index is 12.5. The molecule has 0 aromatic heterocycles. The average molecular weight is 342 g/mol. The summed E-state index contributed by atoms with van der Waals surface area (Å²) >= 11 is 0. The molecule has 0 saturated carbocycles. The first-order chi connectivity index (χ1) is 10.9. The number of benzene rings is 1.